The van der Waals surface area contributed by atoms with Crippen LogP contribution in [0, 0.1) is 0 Å². The van der Waals surface area contributed by atoms with Gasteiger partial charge in [0.05, 0.1) is 25.3 Å². The number of benzene rings is 1. The van der Waals surface area contributed by atoms with E-state index in [1.54, 1.807) is 0 Å². The molecule has 1 aromatic carbocycles. The lowest BCUT2D eigenvalue weighted by Gasteiger charge is -2.22. The Hall–Kier alpha value is -2.88. The molecule has 0 unspecified atom stereocenters. The molecule has 2 atom stereocenters. The van der Waals surface area contributed by atoms with Crippen LogP contribution in [0.3, 0.4) is 0 Å². The lowest BCUT2D eigenvalue weighted by atomic mass is 10.1. The number of hydrogen-bond acceptors (Lipinski definition) is 5. The summed E-state index contributed by atoms with van der Waals surface area (Å²) in [5.41, 5.74) is -0.421. The Balaban J connectivity index is 1.88. The highest BCUT2D eigenvalue weighted by molar-refractivity contribution is 5.95. The maximum Gasteiger partial charge on any atom is 0.416 e. The highest BCUT2D eigenvalue weighted by Gasteiger charge is 2.39. The molecule has 1 saturated heterocycles. The second-order valence-electron chi connectivity index (χ2n) is 6.15. The van der Waals surface area contributed by atoms with Gasteiger partial charge in [-0.25, -0.2) is 4.79 Å². The fourth-order valence-electron chi connectivity index (χ4n) is 2.73. The van der Waals surface area contributed by atoms with E-state index < -0.39 is 48.2 Å². The molecule has 7 nitrogen and oxygen atoms in total. The van der Waals surface area contributed by atoms with E-state index in [1.807, 2.05) is 0 Å². The van der Waals surface area contributed by atoms with Crippen molar-refractivity contribution in [2.24, 2.45) is 0 Å². The third kappa shape index (κ3) is 5.56. The second kappa shape index (κ2) is 8.87. The number of alkyl halides is 3. The predicted octanol–water partition coefficient (Wildman–Crippen LogP) is 0.970. The van der Waals surface area contributed by atoms with Crippen LogP contribution in [-0.4, -0.2) is 60.1 Å². The van der Waals surface area contributed by atoms with Gasteiger partial charge in [-0.1, -0.05) is 12.1 Å². The summed E-state index contributed by atoms with van der Waals surface area (Å²) in [6.07, 6.45) is -2.86. The molecule has 2 N–H and O–H groups in total. The summed E-state index contributed by atoms with van der Waals surface area (Å²) in [7, 11) is 1.17. The van der Waals surface area contributed by atoms with Crippen LogP contribution in [0.2, 0.25) is 0 Å². The topological polar surface area (TPSA) is 95.9 Å². The van der Waals surface area contributed by atoms with Gasteiger partial charge in [0.25, 0.3) is 0 Å². The Morgan fingerprint density at radius 1 is 1.29 bits per heavy atom. The molecule has 0 saturated carbocycles. The van der Waals surface area contributed by atoms with Crippen molar-refractivity contribution >= 4 is 23.9 Å². The molecule has 1 aromatic rings. The number of halogens is 3. The lowest BCUT2D eigenvalue weighted by Crippen LogP contribution is -2.45. The number of carbonyl (C=O) groups is 3. The van der Waals surface area contributed by atoms with Gasteiger partial charge in [0.2, 0.25) is 11.8 Å². The Bertz CT molecular complexity index is 761. The maximum atomic E-state index is 12.5. The van der Waals surface area contributed by atoms with Crippen molar-refractivity contribution in [3.63, 3.8) is 0 Å². The van der Waals surface area contributed by atoms with Crippen LogP contribution in [-0.2, 0) is 25.3 Å². The van der Waals surface area contributed by atoms with Crippen molar-refractivity contribution in [3.05, 3.63) is 41.5 Å². The van der Waals surface area contributed by atoms with E-state index in [4.69, 9.17) is 0 Å². The largest absolute Gasteiger partial charge is 0.467 e. The van der Waals surface area contributed by atoms with Gasteiger partial charge in [0.1, 0.15) is 6.04 Å². The third-order valence-corrected chi connectivity index (χ3v) is 4.15. The van der Waals surface area contributed by atoms with E-state index in [2.05, 4.69) is 10.1 Å². The number of rotatable bonds is 5. The van der Waals surface area contributed by atoms with Crippen molar-refractivity contribution in [2.75, 3.05) is 20.2 Å². The number of nitrogens with zero attached hydrogens (tertiary/aromatic N) is 1. The van der Waals surface area contributed by atoms with Crippen molar-refractivity contribution in [1.82, 2.24) is 10.2 Å². The fraction of sp³-hybridized carbons (Fsp3) is 0.389. The van der Waals surface area contributed by atoms with Crippen LogP contribution in [0.5, 0.6) is 0 Å². The highest BCUT2D eigenvalue weighted by Crippen LogP contribution is 2.29. The summed E-state index contributed by atoms with van der Waals surface area (Å²) >= 11 is 0. The monoisotopic (exact) mass is 400 g/mol. The first-order chi connectivity index (χ1) is 13.1. The molecule has 1 fully saturated rings. The number of amides is 2. The zero-order valence-electron chi connectivity index (χ0n) is 14.9. The summed E-state index contributed by atoms with van der Waals surface area (Å²) < 4.78 is 42.1. The van der Waals surface area contributed by atoms with Crippen LogP contribution in [0.4, 0.5) is 13.2 Å². The minimum atomic E-state index is -4.44. The number of aliphatic hydroxyl groups excluding tert-OH is 1. The zero-order valence-corrected chi connectivity index (χ0v) is 14.9. The van der Waals surface area contributed by atoms with Crippen molar-refractivity contribution in [2.45, 2.75) is 24.7 Å². The van der Waals surface area contributed by atoms with E-state index in [0.717, 1.165) is 23.1 Å². The summed E-state index contributed by atoms with van der Waals surface area (Å²) in [6, 6.07) is 3.31. The molecule has 2 rings (SSSR count). The van der Waals surface area contributed by atoms with Crippen LogP contribution in [0.15, 0.2) is 30.3 Å². The summed E-state index contributed by atoms with van der Waals surface area (Å²) in [5.74, 6) is -1.86. The number of carbonyl (C=O) groups excluding carboxylic acids is 3. The molecule has 0 spiro atoms. The summed E-state index contributed by atoms with van der Waals surface area (Å²) in [4.78, 5) is 36.8. The van der Waals surface area contributed by atoms with Gasteiger partial charge in [-0.05, 0) is 23.8 Å². The Labute approximate surface area is 158 Å². The van der Waals surface area contributed by atoms with Gasteiger partial charge >= 0.3 is 12.1 Å². The SMILES string of the molecule is COC(=O)[C@H]1C[C@@H](O)CN1C(=O)CNC(=O)/C=C/c1ccc(C(F)(F)F)cc1. The summed E-state index contributed by atoms with van der Waals surface area (Å²) in [5, 5.41) is 12.0. The zero-order chi connectivity index (χ0) is 20.9. The molecular formula is C18H19F3N2O5. The standard InChI is InChI=1S/C18H19F3N2O5/c1-28-17(27)14-8-13(24)10-23(14)16(26)9-22-15(25)7-4-11-2-5-12(6-3-11)18(19,20)21/h2-7,13-14,24H,8-10H2,1H3,(H,22,25)/b7-4+/t13-,14-/m1/s1. The van der Waals surface area contributed by atoms with Crippen molar-refractivity contribution in [3.8, 4) is 0 Å². The summed E-state index contributed by atoms with van der Waals surface area (Å²) in [6.45, 7) is -0.452. The maximum absolute atomic E-state index is 12.5. The molecular weight excluding hydrogens is 381 g/mol. The second-order valence-corrected chi connectivity index (χ2v) is 6.15. The predicted molar refractivity (Wildman–Crippen MR) is 91.6 cm³/mol. The molecule has 2 amide bonds. The molecule has 28 heavy (non-hydrogen) atoms. The molecule has 0 aromatic heterocycles. The Kier molecular flexibility index (Phi) is 6.79. The van der Waals surface area contributed by atoms with E-state index in [-0.39, 0.29) is 13.0 Å². The van der Waals surface area contributed by atoms with Gasteiger partial charge in [-0.3, -0.25) is 9.59 Å². The first kappa shape index (κ1) is 21.4. The number of aliphatic hydroxyl groups is 1. The fourth-order valence-corrected chi connectivity index (χ4v) is 2.73. The smallest absolute Gasteiger partial charge is 0.416 e. The van der Waals surface area contributed by atoms with Gasteiger partial charge in [0, 0.05) is 19.0 Å². The normalized spacial score (nSPS) is 19.7. The molecule has 1 heterocycles. The van der Waals surface area contributed by atoms with E-state index in [9.17, 15) is 32.7 Å². The number of methoxy groups -OCH3 is 1. The van der Waals surface area contributed by atoms with Gasteiger partial charge < -0.3 is 20.1 Å². The van der Waals surface area contributed by atoms with Crippen molar-refractivity contribution < 1.29 is 37.4 Å². The number of likely N-dealkylation sites (tertiary alicyclic amines) is 1. The number of ether oxygens (including phenoxy) is 1. The molecule has 152 valence electrons. The first-order valence-electron chi connectivity index (χ1n) is 8.30. The molecule has 0 aliphatic carbocycles. The molecule has 1 aliphatic heterocycles. The van der Waals surface area contributed by atoms with Gasteiger partial charge in [0.15, 0.2) is 0 Å². The van der Waals surface area contributed by atoms with Crippen LogP contribution >= 0.6 is 0 Å². The minimum Gasteiger partial charge on any atom is -0.467 e. The molecule has 1 aliphatic rings. The first-order valence-corrected chi connectivity index (χ1v) is 8.30. The number of β-amino-alcohol motifs (C(OH)–C–C–N with tert-alkyl or cyclic N) is 1. The lowest BCUT2D eigenvalue weighted by molar-refractivity contribution is -0.150. The van der Waals surface area contributed by atoms with Crippen molar-refractivity contribution in [1.29, 1.82) is 0 Å². The average molecular weight is 400 g/mol. The van der Waals surface area contributed by atoms with Crippen LogP contribution in [0.1, 0.15) is 17.5 Å². The molecule has 0 bridgehead atoms. The molecule has 0 radical (unpaired) electrons. The average Bonchev–Trinajstić information content (AvgIpc) is 3.05. The third-order valence-electron chi connectivity index (χ3n) is 4.15. The number of esters is 1. The number of nitrogens with one attached hydrogen (secondary N) is 1. The Morgan fingerprint density at radius 3 is 2.50 bits per heavy atom. The number of hydrogen-bond donors (Lipinski definition) is 2. The van der Waals surface area contributed by atoms with Crippen LogP contribution in [0.25, 0.3) is 6.08 Å². The quantitative estimate of drug-likeness (QED) is 0.567. The minimum absolute atomic E-state index is 0.0458. The van der Waals surface area contributed by atoms with Gasteiger partial charge in [-0.15, -0.1) is 0 Å². The van der Waals surface area contributed by atoms with E-state index in [1.165, 1.54) is 25.3 Å². The van der Waals surface area contributed by atoms with Gasteiger partial charge in [-0.2, -0.15) is 13.2 Å². The van der Waals surface area contributed by atoms with Crippen LogP contribution < -0.4 is 5.32 Å². The molecule has 10 heteroatoms. The van der Waals surface area contributed by atoms with E-state index in [0.29, 0.717) is 5.56 Å². The Morgan fingerprint density at radius 2 is 1.93 bits per heavy atom. The highest BCUT2D eigenvalue weighted by atomic mass is 19.4. The van der Waals surface area contributed by atoms with E-state index >= 15 is 0 Å².